The van der Waals surface area contributed by atoms with Crippen LogP contribution in [0.4, 0.5) is 0 Å². The first-order valence-corrected chi connectivity index (χ1v) is 9.24. The summed E-state index contributed by atoms with van der Waals surface area (Å²) in [4.78, 5) is 15.3. The van der Waals surface area contributed by atoms with E-state index in [0.717, 1.165) is 58.0 Å². The Morgan fingerprint density at radius 3 is 2.36 bits per heavy atom. The van der Waals surface area contributed by atoms with Crippen LogP contribution in [0.2, 0.25) is 0 Å². The van der Waals surface area contributed by atoms with Gasteiger partial charge in [-0.2, -0.15) is 0 Å². The second kappa shape index (κ2) is 7.78. The number of carbonyl (C=O) groups excluding carboxylic acids is 1. The van der Waals surface area contributed by atoms with Gasteiger partial charge in [-0.25, -0.2) is 0 Å². The zero-order chi connectivity index (χ0) is 15.4. The SMILES string of the molecule is CC1CCC(N(C[C@H]2CCCO2)C(=O)C2CCOCC2)CC1. The van der Waals surface area contributed by atoms with Crippen LogP contribution >= 0.6 is 0 Å². The van der Waals surface area contributed by atoms with Gasteiger partial charge in [0.15, 0.2) is 0 Å². The van der Waals surface area contributed by atoms with Crippen molar-refractivity contribution < 1.29 is 14.3 Å². The number of ether oxygens (including phenoxy) is 2. The number of nitrogens with zero attached hydrogens (tertiary/aromatic N) is 1. The molecule has 0 N–H and O–H groups in total. The lowest BCUT2D eigenvalue weighted by atomic mass is 9.85. The van der Waals surface area contributed by atoms with Gasteiger partial charge in [-0.15, -0.1) is 0 Å². The molecule has 2 saturated heterocycles. The standard InChI is InChI=1S/C18H31NO3/c1-14-4-6-16(7-5-14)19(13-17-3-2-10-22-17)18(20)15-8-11-21-12-9-15/h14-17H,2-13H2,1H3/t14?,16?,17-/m1/s1. The minimum absolute atomic E-state index is 0.175. The third kappa shape index (κ3) is 4.02. The van der Waals surface area contributed by atoms with Gasteiger partial charge in [0.1, 0.15) is 0 Å². The van der Waals surface area contributed by atoms with Crippen molar-refractivity contribution in [1.29, 1.82) is 0 Å². The summed E-state index contributed by atoms with van der Waals surface area (Å²) in [7, 11) is 0. The molecule has 0 aromatic heterocycles. The van der Waals surface area contributed by atoms with Gasteiger partial charge in [0.05, 0.1) is 6.10 Å². The van der Waals surface area contributed by atoms with E-state index in [-0.39, 0.29) is 12.0 Å². The summed E-state index contributed by atoms with van der Waals surface area (Å²) in [6, 6.07) is 0.441. The molecule has 0 aromatic rings. The first kappa shape index (κ1) is 16.3. The Morgan fingerprint density at radius 2 is 1.73 bits per heavy atom. The van der Waals surface area contributed by atoms with E-state index in [2.05, 4.69) is 11.8 Å². The van der Waals surface area contributed by atoms with Crippen LogP contribution in [-0.4, -0.2) is 49.3 Å². The van der Waals surface area contributed by atoms with E-state index in [1.807, 2.05) is 0 Å². The fourth-order valence-corrected chi connectivity index (χ4v) is 4.16. The van der Waals surface area contributed by atoms with Crippen molar-refractivity contribution in [1.82, 2.24) is 4.90 Å². The van der Waals surface area contributed by atoms with Crippen LogP contribution in [0.25, 0.3) is 0 Å². The van der Waals surface area contributed by atoms with Gasteiger partial charge in [0.2, 0.25) is 5.91 Å². The second-order valence-corrected chi connectivity index (χ2v) is 7.43. The molecule has 22 heavy (non-hydrogen) atoms. The zero-order valence-electron chi connectivity index (χ0n) is 14.0. The van der Waals surface area contributed by atoms with E-state index in [1.54, 1.807) is 0 Å². The van der Waals surface area contributed by atoms with Crippen molar-refractivity contribution in [3.8, 4) is 0 Å². The molecule has 1 aliphatic carbocycles. The predicted octanol–water partition coefficient (Wildman–Crippen LogP) is 3.00. The third-order valence-corrected chi connectivity index (χ3v) is 5.70. The van der Waals surface area contributed by atoms with Gasteiger partial charge in [-0.3, -0.25) is 4.79 Å². The monoisotopic (exact) mass is 309 g/mol. The second-order valence-electron chi connectivity index (χ2n) is 7.43. The third-order valence-electron chi connectivity index (χ3n) is 5.70. The number of rotatable bonds is 4. The Labute approximate surface area is 134 Å². The minimum atomic E-state index is 0.175. The van der Waals surface area contributed by atoms with E-state index >= 15 is 0 Å². The molecule has 0 aromatic carbocycles. The van der Waals surface area contributed by atoms with Crippen LogP contribution in [-0.2, 0) is 14.3 Å². The molecule has 0 spiro atoms. The van der Waals surface area contributed by atoms with E-state index < -0.39 is 0 Å². The van der Waals surface area contributed by atoms with Gasteiger partial charge in [0, 0.05) is 38.3 Å². The van der Waals surface area contributed by atoms with E-state index in [0.29, 0.717) is 11.9 Å². The van der Waals surface area contributed by atoms with E-state index in [9.17, 15) is 4.79 Å². The highest BCUT2D eigenvalue weighted by atomic mass is 16.5. The van der Waals surface area contributed by atoms with Crippen molar-refractivity contribution in [2.24, 2.45) is 11.8 Å². The molecule has 0 bridgehead atoms. The van der Waals surface area contributed by atoms with Gasteiger partial charge in [-0.1, -0.05) is 6.92 Å². The van der Waals surface area contributed by atoms with Crippen LogP contribution in [0.15, 0.2) is 0 Å². The van der Waals surface area contributed by atoms with Crippen molar-refractivity contribution in [2.75, 3.05) is 26.4 Å². The molecule has 1 amide bonds. The normalized spacial score (nSPS) is 33.8. The summed E-state index contributed by atoms with van der Waals surface area (Å²) in [6.45, 7) is 5.50. The average molecular weight is 309 g/mol. The molecule has 4 nitrogen and oxygen atoms in total. The summed E-state index contributed by atoms with van der Waals surface area (Å²) in [5.41, 5.74) is 0. The maximum atomic E-state index is 13.1. The average Bonchev–Trinajstić information content (AvgIpc) is 3.07. The van der Waals surface area contributed by atoms with Crippen LogP contribution in [0.5, 0.6) is 0 Å². The molecule has 0 unspecified atom stereocenters. The Hall–Kier alpha value is -0.610. The van der Waals surface area contributed by atoms with Gasteiger partial charge >= 0.3 is 0 Å². The lowest BCUT2D eigenvalue weighted by molar-refractivity contribution is -0.143. The molecule has 1 atom stereocenters. The molecule has 2 aliphatic heterocycles. The first-order chi connectivity index (χ1) is 10.7. The highest BCUT2D eigenvalue weighted by Crippen LogP contribution is 2.30. The van der Waals surface area contributed by atoms with Crippen LogP contribution in [0.1, 0.15) is 58.3 Å². The molecule has 3 aliphatic rings. The smallest absolute Gasteiger partial charge is 0.226 e. The lowest BCUT2D eigenvalue weighted by Crippen LogP contribution is -2.49. The van der Waals surface area contributed by atoms with Gasteiger partial charge in [0.25, 0.3) is 0 Å². The lowest BCUT2D eigenvalue weighted by Gasteiger charge is -2.39. The Kier molecular flexibility index (Phi) is 5.75. The van der Waals surface area contributed by atoms with Crippen molar-refractivity contribution in [3.05, 3.63) is 0 Å². The first-order valence-electron chi connectivity index (χ1n) is 9.24. The Morgan fingerprint density at radius 1 is 1.00 bits per heavy atom. The van der Waals surface area contributed by atoms with Gasteiger partial charge < -0.3 is 14.4 Å². The molecule has 2 heterocycles. The number of carbonyl (C=O) groups is 1. The fourth-order valence-electron chi connectivity index (χ4n) is 4.16. The highest BCUT2D eigenvalue weighted by Gasteiger charge is 2.34. The van der Waals surface area contributed by atoms with Crippen molar-refractivity contribution in [3.63, 3.8) is 0 Å². The molecule has 3 rings (SSSR count). The highest BCUT2D eigenvalue weighted by molar-refractivity contribution is 5.79. The fraction of sp³-hybridized carbons (Fsp3) is 0.944. The molecule has 4 heteroatoms. The van der Waals surface area contributed by atoms with Crippen molar-refractivity contribution >= 4 is 5.91 Å². The zero-order valence-corrected chi connectivity index (χ0v) is 14.0. The summed E-state index contributed by atoms with van der Waals surface area (Å²) in [6.07, 6.45) is 9.16. The molecular weight excluding hydrogens is 278 g/mol. The minimum Gasteiger partial charge on any atom is -0.381 e. The van der Waals surface area contributed by atoms with Crippen LogP contribution < -0.4 is 0 Å². The van der Waals surface area contributed by atoms with Gasteiger partial charge in [-0.05, 0) is 57.3 Å². The molecule has 0 radical (unpaired) electrons. The molecule has 3 fully saturated rings. The molecule has 1 saturated carbocycles. The summed E-state index contributed by atoms with van der Waals surface area (Å²) in [5, 5.41) is 0. The maximum absolute atomic E-state index is 13.1. The summed E-state index contributed by atoms with van der Waals surface area (Å²) >= 11 is 0. The predicted molar refractivity (Wildman–Crippen MR) is 85.7 cm³/mol. The summed E-state index contributed by atoms with van der Waals surface area (Å²) in [5.74, 6) is 1.37. The maximum Gasteiger partial charge on any atom is 0.226 e. The van der Waals surface area contributed by atoms with E-state index in [1.165, 1.54) is 25.7 Å². The van der Waals surface area contributed by atoms with Crippen LogP contribution in [0, 0.1) is 11.8 Å². The van der Waals surface area contributed by atoms with Crippen LogP contribution in [0.3, 0.4) is 0 Å². The topological polar surface area (TPSA) is 38.8 Å². The quantitative estimate of drug-likeness (QED) is 0.801. The van der Waals surface area contributed by atoms with E-state index in [4.69, 9.17) is 9.47 Å². The number of amides is 1. The largest absolute Gasteiger partial charge is 0.381 e. The molecular formula is C18H31NO3. The number of hydrogen-bond acceptors (Lipinski definition) is 3. The summed E-state index contributed by atoms with van der Waals surface area (Å²) < 4.78 is 11.2. The molecule has 126 valence electrons. The Bertz CT molecular complexity index is 353. The Balaban J connectivity index is 1.65. The number of hydrogen-bond donors (Lipinski definition) is 0. The van der Waals surface area contributed by atoms with Crippen molar-refractivity contribution in [2.45, 2.75) is 70.4 Å².